The number of aromatic hydroxyl groups is 1. The third-order valence-corrected chi connectivity index (χ3v) is 6.74. The van der Waals surface area contributed by atoms with Gasteiger partial charge in [-0.15, -0.1) is 0 Å². The lowest BCUT2D eigenvalue weighted by Gasteiger charge is -2.24. The van der Waals surface area contributed by atoms with Crippen LogP contribution in [0.5, 0.6) is 5.75 Å². The highest BCUT2D eigenvalue weighted by Crippen LogP contribution is 2.34. The first-order chi connectivity index (χ1) is 15.9. The normalized spacial score (nSPS) is 12.6. The average molecular weight is 463 g/mol. The minimum atomic E-state index is -0.618. The van der Waals surface area contributed by atoms with Crippen molar-refractivity contribution < 1.29 is 14.3 Å². The number of imidazole rings is 1. The summed E-state index contributed by atoms with van der Waals surface area (Å²) in [5, 5.41) is 9.75. The van der Waals surface area contributed by atoms with Gasteiger partial charge in [0.25, 0.3) is 5.89 Å². The third-order valence-electron chi connectivity index (χ3n) is 5.35. The van der Waals surface area contributed by atoms with Crippen molar-refractivity contribution >= 4 is 32.2 Å². The predicted molar refractivity (Wildman–Crippen MR) is 134 cm³/mol. The van der Waals surface area contributed by atoms with Gasteiger partial charge in [0, 0.05) is 17.5 Å². The number of nitrogens with zero attached hydrogens (tertiary/aromatic N) is 4. The molecule has 7 nitrogen and oxygen atoms in total. The average Bonchev–Trinajstić information content (AvgIpc) is 3.37. The van der Waals surface area contributed by atoms with Crippen LogP contribution in [-0.4, -0.2) is 55.8 Å². The largest absolute Gasteiger partial charge is 0.506 e. The van der Waals surface area contributed by atoms with Crippen LogP contribution < -0.4 is 0 Å². The Morgan fingerprint density at radius 2 is 1.82 bits per heavy atom. The fourth-order valence-electron chi connectivity index (χ4n) is 3.62. The SMILES string of the molecule is CS(C)(C)CCOCn1c(-c2nc3ccc(-c4cncc(O)c4)cc3o2)nc2ccccc21. The van der Waals surface area contributed by atoms with Crippen molar-refractivity contribution in [3.63, 3.8) is 0 Å². The highest BCUT2D eigenvalue weighted by Gasteiger charge is 2.18. The Hall–Kier alpha value is -3.36. The number of hydrogen-bond donors (Lipinski definition) is 1. The summed E-state index contributed by atoms with van der Waals surface area (Å²) in [4.78, 5) is 13.5. The molecule has 0 amide bonds. The molecule has 0 aliphatic carbocycles. The van der Waals surface area contributed by atoms with Gasteiger partial charge in [-0.2, -0.15) is 0 Å². The second-order valence-corrected chi connectivity index (χ2v) is 13.4. The Labute approximate surface area is 193 Å². The maximum atomic E-state index is 9.75. The van der Waals surface area contributed by atoms with E-state index in [0.717, 1.165) is 33.4 Å². The van der Waals surface area contributed by atoms with Crippen molar-refractivity contribution in [3.8, 4) is 28.6 Å². The molecule has 3 aromatic heterocycles. The number of rotatable bonds is 7. The van der Waals surface area contributed by atoms with Crippen LogP contribution in [0, 0.1) is 0 Å². The van der Waals surface area contributed by atoms with E-state index in [1.807, 2.05) is 47.0 Å². The number of hydrogen-bond acceptors (Lipinski definition) is 6. The molecule has 0 radical (unpaired) electrons. The van der Waals surface area contributed by atoms with E-state index in [1.54, 1.807) is 12.3 Å². The van der Waals surface area contributed by atoms with Crippen LogP contribution in [0.2, 0.25) is 0 Å². The zero-order valence-electron chi connectivity index (χ0n) is 18.9. The molecule has 33 heavy (non-hydrogen) atoms. The molecule has 0 aliphatic heterocycles. The zero-order valence-corrected chi connectivity index (χ0v) is 19.7. The van der Waals surface area contributed by atoms with Gasteiger partial charge in [-0.05, 0) is 54.7 Å². The van der Waals surface area contributed by atoms with Gasteiger partial charge in [0.05, 0.1) is 23.8 Å². The molecule has 3 heterocycles. The van der Waals surface area contributed by atoms with E-state index in [2.05, 4.69) is 23.8 Å². The van der Waals surface area contributed by atoms with Crippen molar-refractivity contribution in [2.75, 3.05) is 31.1 Å². The molecule has 0 spiro atoms. The number of fused-ring (bicyclic) bond motifs is 2. The van der Waals surface area contributed by atoms with Crippen molar-refractivity contribution in [3.05, 3.63) is 60.9 Å². The molecule has 170 valence electrons. The van der Waals surface area contributed by atoms with E-state index in [1.165, 1.54) is 6.20 Å². The van der Waals surface area contributed by atoms with Crippen molar-refractivity contribution in [2.45, 2.75) is 6.73 Å². The molecule has 0 saturated heterocycles. The molecule has 0 atom stereocenters. The first-order valence-corrected chi connectivity index (χ1v) is 13.6. The second kappa shape index (κ2) is 8.53. The summed E-state index contributed by atoms with van der Waals surface area (Å²) < 4.78 is 14.2. The van der Waals surface area contributed by atoms with E-state index < -0.39 is 10.0 Å². The van der Waals surface area contributed by atoms with Crippen LogP contribution in [-0.2, 0) is 11.5 Å². The zero-order chi connectivity index (χ0) is 23.0. The number of para-hydroxylation sites is 2. The summed E-state index contributed by atoms with van der Waals surface area (Å²) in [5.74, 6) is 2.24. The highest BCUT2D eigenvalue weighted by atomic mass is 32.3. The topological polar surface area (TPSA) is 86.2 Å². The maximum Gasteiger partial charge on any atom is 0.264 e. The molecule has 5 rings (SSSR count). The minimum Gasteiger partial charge on any atom is -0.506 e. The Bertz CT molecular complexity index is 1430. The van der Waals surface area contributed by atoms with Gasteiger partial charge >= 0.3 is 0 Å². The first kappa shape index (κ1) is 21.5. The van der Waals surface area contributed by atoms with Gasteiger partial charge < -0.3 is 14.3 Å². The van der Waals surface area contributed by atoms with E-state index in [4.69, 9.17) is 19.1 Å². The fraction of sp³-hybridized carbons (Fsp3) is 0.240. The summed E-state index contributed by atoms with van der Waals surface area (Å²) in [5.41, 5.74) is 4.90. The molecular formula is C25H26N4O3S. The van der Waals surface area contributed by atoms with E-state index in [0.29, 0.717) is 30.6 Å². The van der Waals surface area contributed by atoms with Gasteiger partial charge in [-0.25, -0.2) is 20.0 Å². The standard InChI is InChI=1S/C25H26N4O3S/c1-33(2,3)11-10-31-16-29-22-7-5-4-6-20(22)27-24(29)25-28-21-9-8-17(13-23(21)32-25)18-12-19(30)15-26-14-18/h4-9,12-15,30H,10-11,16H2,1-3H3. The third kappa shape index (κ3) is 4.58. The Kier molecular flexibility index (Phi) is 5.55. The van der Waals surface area contributed by atoms with Gasteiger partial charge in [-0.3, -0.25) is 9.55 Å². The number of ether oxygens (including phenoxy) is 1. The fourth-order valence-corrected chi connectivity index (χ4v) is 4.24. The number of pyridine rings is 1. The molecule has 0 bridgehead atoms. The lowest BCUT2D eigenvalue weighted by atomic mass is 10.1. The van der Waals surface area contributed by atoms with Gasteiger partial charge in [0.2, 0.25) is 0 Å². The summed E-state index contributed by atoms with van der Waals surface area (Å²) >= 11 is 0. The Morgan fingerprint density at radius 1 is 0.970 bits per heavy atom. The molecule has 2 aromatic carbocycles. The first-order valence-electron chi connectivity index (χ1n) is 10.6. The Balaban J connectivity index is 1.51. The van der Waals surface area contributed by atoms with Crippen LogP contribution in [0.4, 0.5) is 0 Å². The van der Waals surface area contributed by atoms with Crippen molar-refractivity contribution in [1.82, 2.24) is 19.5 Å². The molecule has 1 N–H and O–H groups in total. The molecule has 0 aliphatic rings. The summed E-state index contributed by atoms with van der Waals surface area (Å²) in [6.07, 6.45) is 9.97. The molecular weight excluding hydrogens is 436 g/mol. The Morgan fingerprint density at radius 3 is 2.64 bits per heavy atom. The van der Waals surface area contributed by atoms with E-state index in [-0.39, 0.29) is 5.75 Å². The lowest BCUT2D eigenvalue weighted by molar-refractivity contribution is 0.0931. The smallest absolute Gasteiger partial charge is 0.264 e. The molecule has 0 unspecified atom stereocenters. The van der Waals surface area contributed by atoms with Gasteiger partial charge in [-0.1, -0.05) is 18.2 Å². The van der Waals surface area contributed by atoms with Gasteiger partial charge in [0.15, 0.2) is 11.4 Å². The lowest BCUT2D eigenvalue weighted by Crippen LogP contribution is -2.10. The van der Waals surface area contributed by atoms with Crippen molar-refractivity contribution in [2.24, 2.45) is 0 Å². The van der Waals surface area contributed by atoms with Crippen LogP contribution in [0.1, 0.15) is 0 Å². The van der Waals surface area contributed by atoms with Crippen LogP contribution in [0.15, 0.2) is 65.3 Å². The quantitative estimate of drug-likeness (QED) is 0.331. The predicted octanol–water partition coefficient (Wildman–Crippen LogP) is 5.28. The number of aromatic nitrogens is 4. The highest BCUT2D eigenvalue weighted by molar-refractivity contribution is 8.32. The molecule has 8 heteroatoms. The number of benzene rings is 2. The van der Waals surface area contributed by atoms with Crippen LogP contribution in [0.3, 0.4) is 0 Å². The summed E-state index contributed by atoms with van der Waals surface area (Å²) in [7, 11) is -0.618. The van der Waals surface area contributed by atoms with Crippen LogP contribution in [0.25, 0.3) is 45.0 Å². The number of oxazole rings is 1. The van der Waals surface area contributed by atoms with E-state index >= 15 is 0 Å². The summed E-state index contributed by atoms with van der Waals surface area (Å²) in [6.45, 7) is 1.07. The van der Waals surface area contributed by atoms with E-state index in [9.17, 15) is 5.11 Å². The maximum absolute atomic E-state index is 9.75. The molecule has 0 saturated carbocycles. The second-order valence-electron chi connectivity index (χ2n) is 8.82. The van der Waals surface area contributed by atoms with Crippen molar-refractivity contribution in [1.29, 1.82) is 0 Å². The van der Waals surface area contributed by atoms with Crippen LogP contribution >= 0.6 is 10.0 Å². The monoisotopic (exact) mass is 462 g/mol. The molecule has 5 aromatic rings. The summed E-state index contributed by atoms with van der Waals surface area (Å²) in [6, 6.07) is 15.4. The minimum absolute atomic E-state index is 0.118. The van der Waals surface area contributed by atoms with Gasteiger partial charge in [0.1, 0.15) is 18.0 Å². The molecule has 0 fully saturated rings.